The summed E-state index contributed by atoms with van der Waals surface area (Å²) in [5.74, 6) is -1.08. The van der Waals surface area contributed by atoms with Crippen LogP contribution in [0.1, 0.15) is 83.5 Å². The Balaban J connectivity index is 1.23. The van der Waals surface area contributed by atoms with Crippen LogP contribution in [0.4, 0.5) is 16.2 Å². The number of methoxy groups -OCH3 is 2. The molecule has 406 valence electrons. The summed E-state index contributed by atoms with van der Waals surface area (Å²) in [5.41, 5.74) is 4.19. The zero-order valence-electron chi connectivity index (χ0n) is 43.3. The van der Waals surface area contributed by atoms with E-state index in [-0.39, 0.29) is 75.0 Å². The van der Waals surface area contributed by atoms with Crippen LogP contribution in [0.2, 0.25) is 0 Å². The van der Waals surface area contributed by atoms with Crippen molar-refractivity contribution in [3.63, 3.8) is 0 Å². The predicted molar refractivity (Wildman–Crippen MR) is 286 cm³/mol. The van der Waals surface area contributed by atoms with Gasteiger partial charge < -0.3 is 53.1 Å². The number of nitro groups is 1. The maximum atomic E-state index is 15.6. The number of amides is 2. The van der Waals surface area contributed by atoms with Crippen molar-refractivity contribution in [2.75, 3.05) is 46.1 Å². The van der Waals surface area contributed by atoms with Crippen LogP contribution in [0.3, 0.4) is 0 Å². The normalized spacial score (nSPS) is 20.9. The lowest BCUT2D eigenvalue weighted by atomic mass is 9.55. The van der Waals surface area contributed by atoms with Crippen molar-refractivity contribution in [3.05, 3.63) is 165 Å². The largest absolute Gasteiger partial charge is 0.497 e. The molecule has 0 spiro atoms. The number of carbonyl (C=O) groups excluding carboxylic acids is 2. The molecular formula is C59H61N5O14. The number of nitriles is 1. The van der Waals surface area contributed by atoms with Crippen LogP contribution < -0.4 is 33.7 Å². The number of hydrogen-bond acceptors (Lipinski definition) is 16. The van der Waals surface area contributed by atoms with E-state index < -0.39 is 40.6 Å². The molecule has 1 saturated carbocycles. The molecule has 9 rings (SSSR count). The van der Waals surface area contributed by atoms with Crippen molar-refractivity contribution >= 4 is 29.1 Å². The number of nitrogens with zero attached hydrogens (tertiary/aromatic N) is 4. The van der Waals surface area contributed by atoms with E-state index in [0.717, 1.165) is 5.57 Å². The van der Waals surface area contributed by atoms with Gasteiger partial charge in [-0.3, -0.25) is 20.2 Å². The molecule has 78 heavy (non-hydrogen) atoms. The van der Waals surface area contributed by atoms with Crippen molar-refractivity contribution in [1.29, 1.82) is 5.26 Å². The maximum Gasteiger partial charge on any atom is 0.417 e. The van der Waals surface area contributed by atoms with Gasteiger partial charge in [-0.05, 0) is 133 Å². The van der Waals surface area contributed by atoms with Gasteiger partial charge in [0.1, 0.15) is 35.6 Å². The molecular weight excluding hydrogens is 1000 g/mol. The van der Waals surface area contributed by atoms with Crippen LogP contribution in [-0.4, -0.2) is 90.4 Å². The Morgan fingerprint density at radius 1 is 0.897 bits per heavy atom. The molecule has 4 aliphatic rings. The fourth-order valence-corrected chi connectivity index (χ4v) is 11.2. The molecule has 0 radical (unpaired) electrons. The first-order valence-electron chi connectivity index (χ1n) is 25.9. The van der Waals surface area contributed by atoms with Crippen molar-refractivity contribution in [1.82, 2.24) is 4.90 Å². The number of carbonyl (C=O) groups is 2. The highest BCUT2D eigenvalue weighted by molar-refractivity contribution is 6.03. The van der Waals surface area contributed by atoms with E-state index in [1.54, 1.807) is 89.8 Å². The first kappa shape index (κ1) is 54.4. The zero-order valence-corrected chi connectivity index (χ0v) is 43.3. The summed E-state index contributed by atoms with van der Waals surface area (Å²) in [5, 5.41) is 49.2. The summed E-state index contributed by atoms with van der Waals surface area (Å²) < 4.78 is 43.1. The minimum absolute atomic E-state index is 0.00219. The third-order valence-corrected chi connectivity index (χ3v) is 14.7. The van der Waals surface area contributed by atoms with Crippen LogP contribution in [0.25, 0.3) is 0 Å². The predicted octanol–water partition coefficient (Wildman–Crippen LogP) is 10.00. The van der Waals surface area contributed by atoms with Crippen molar-refractivity contribution in [2.45, 2.75) is 75.8 Å². The van der Waals surface area contributed by atoms with Gasteiger partial charge in [0.25, 0.3) is 11.6 Å². The van der Waals surface area contributed by atoms with Crippen LogP contribution in [0.5, 0.6) is 34.5 Å². The Kier molecular flexibility index (Phi) is 17.2. The molecule has 6 atom stereocenters. The molecule has 1 fully saturated rings. The first-order chi connectivity index (χ1) is 38.0. The van der Waals surface area contributed by atoms with Gasteiger partial charge in [0.2, 0.25) is 12.6 Å². The molecule has 2 amide bonds. The molecule has 0 aromatic heterocycles. The topological polar surface area (TPSA) is 243 Å². The first-order valence-corrected chi connectivity index (χ1v) is 25.9. The summed E-state index contributed by atoms with van der Waals surface area (Å²) in [6.07, 6.45) is 6.80. The Morgan fingerprint density at radius 3 is 2.35 bits per heavy atom. The lowest BCUT2D eigenvalue weighted by Crippen LogP contribution is -2.70. The lowest BCUT2D eigenvalue weighted by Gasteiger charge is -2.60. The highest BCUT2D eigenvalue weighted by Crippen LogP contribution is 2.62. The van der Waals surface area contributed by atoms with E-state index in [1.807, 2.05) is 12.1 Å². The van der Waals surface area contributed by atoms with E-state index in [0.29, 0.717) is 101 Å². The molecule has 5 aromatic carbocycles. The van der Waals surface area contributed by atoms with Gasteiger partial charge >= 0.3 is 6.09 Å². The van der Waals surface area contributed by atoms with Gasteiger partial charge in [0.15, 0.2) is 11.5 Å². The number of benzene rings is 5. The Labute approximate surface area is 451 Å². The summed E-state index contributed by atoms with van der Waals surface area (Å²) >= 11 is 0. The maximum absolute atomic E-state index is 15.6. The fraction of sp³-hybridized carbons (Fsp3) is 0.356. The fourth-order valence-electron chi connectivity index (χ4n) is 11.2. The summed E-state index contributed by atoms with van der Waals surface area (Å²) in [6, 6.07) is 29.1. The number of aliphatic hydroxyl groups excluding tert-OH is 2. The van der Waals surface area contributed by atoms with Gasteiger partial charge in [-0.2, -0.15) is 5.26 Å². The van der Waals surface area contributed by atoms with Gasteiger partial charge in [-0.15, -0.1) is 6.58 Å². The standard InChI is InChI=1S/C59H61N5O14/c1-4-27-75-59-54(63(57(67)40-16-11-37(33-60)12-17-40)34-39-15-23-51-53(28-39)74-36-73-51)32-49(62-76-35-38-13-18-42(19-14-38)64(69)70)46-29-41(9-5-7-25-65)45(10-6-8-26-66)55(56(46)59)47-30-44(21-24-50(47)78-59)77-58(68)61-48-22-20-43(71-2)31-52(48)72-3/h4,11-24,28-31,41,45,54-56,65-66H,1,5-10,25-27,32,34-36H2,2-3H3,(H,61,68). The third-order valence-electron chi connectivity index (χ3n) is 14.7. The average Bonchev–Trinajstić information content (AvgIpc) is 3.04. The van der Waals surface area contributed by atoms with Gasteiger partial charge in [-0.25, -0.2) is 4.79 Å². The summed E-state index contributed by atoms with van der Waals surface area (Å²) in [7, 11) is 3.00. The summed E-state index contributed by atoms with van der Waals surface area (Å²) in [6.45, 7) is 4.01. The molecule has 2 aliphatic heterocycles. The lowest BCUT2D eigenvalue weighted by molar-refractivity contribution is -0.384. The number of ether oxygens (including phenoxy) is 7. The number of aliphatic hydroxyl groups is 2. The number of nitro benzene ring substituents is 1. The second-order valence-electron chi connectivity index (χ2n) is 19.4. The van der Waals surface area contributed by atoms with Crippen LogP contribution in [0, 0.1) is 39.2 Å². The second-order valence-corrected chi connectivity index (χ2v) is 19.4. The Hall–Kier alpha value is -8.44. The number of oxime groups is 1. The second kappa shape index (κ2) is 24.7. The molecule has 3 N–H and O–H groups in total. The Morgan fingerprint density at radius 2 is 1.63 bits per heavy atom. The van der Waals surface area contributed by atoms with Crippen LogP contribution in [-0.2, 0) is 22.7 Å². The van der Waals surface area contributed by atoms with Gasteiger partial charge in [-0.1, -0.05) is 36.2 Å². The molecule has 0 saturated heterocycles. The van der Waals surface area contributed by atoms with E-state index >= 15 is 4.79 Å². The molecule has 19 nitrogen and oxygen atoms in total. The Bertz CT molecular complexity index is 3100. The quantitative estimate of drug-likeness (QED) is 0.0238. The van der Waals surface area contributed by atoms with Gasteiger partial charge in [0.05, 0.1) is 54.7 Å². The third kappa shape index (κ3) is 11.6. The highest BCUT2D eigenvalue weighted by atomic mass is 16.7. The minimum atomic E-state index is -1.69. The number of hydrogen-bond donors (Lipinski definition) is 3. The van der Waals surface area contributed by atoms with E-state index in [1.165, 1.54) is 26.4 Å². The molecule has 2 heterocycles. The van der Waals surface area contributed by atoms with Gasteiger partial charge in [0, 0.05) is 61.4 Å². The molecule has 0 bridgehead atoms. The highest BCUT2D eigenvalue weighted by Gasteiger charge is 2.65. The van der Waals surface area contributed by atoms with Crippen molar-refractivity contribution in [2.24, 2.45) is 22.9 Å². The number of nitrogens with one attached hydrogen (secondary N) is 1. The number of rotatable bonds is 23. The number of fused-ring (bicyclic) bond motifs is 3. The van der Waals surface area contributed by atoms with Crippen molar-refractivity contribution < 1.29 is 62.7 Å². The monoisotopic (exact) mass is 1060 g/mol. The minimum Gasteiger partial charge on any atom is -0.497 e. The molecule has 5 aromatic rings. The number of anilines is 1. The number of unbranched alkanes of at least 4 members (excludes halogenated alkanes) is 2. The van der Waals surface area contributed by atoms with Crippen molar-refractivity contribution in [3.8, 4) is 40.6 Å². The van der Waals surface area contributed by atoms with Crippen LogP contribution >= 0.6 is 0 Å². The smallest absolute Gasteiger partial charge is 0.417 e. The number of allylic oxidation sites excluding steroid dienone is 1. The van der Waals surface area contributed by atoms with E-state index in [2.05, 4.69) is 24.0 Å². The zero-order chi connectivity index (χ0) is 54.8. The number of non-ortho nitro benzene ring substituents is 1. The van der Waals surface area contributed by atoms with E-state index in [9.17, 15) is 30.4 Å². The molecule has 2 aliphatic carbocycles. The SMILES string of the molecule is C=CCOC12Oc3ccc(OC(=O)Nc4ccc(OC)cc4OC)cc3C3C(CCCCO)C(CCCCO)C=C(C(=NOCc4ccc([N+](=O)[O-])cc4)CC1N(Cc1ccc4c(c1)OCO4)C(=O)c1ccc(C#N)cc1)C32. The van der Waals surface area contributed by atoms with Crippen LogP contribution in [0.15, 0.2) is 133 Å². The van der Waals surface area contributed by atoms with E-state index in [4.69, 9.17) is 43.2 Å². The molecule has 6 unspecified atom stereocenters. The summed E-state index contributed by atoms with van der Waals surface area (Å²) in [4.78, 5) is 48.4. The average molecular weight is 1060 g/mol. The molecule has 19 heteroatoms.